The standard InChI is InChI=1S/C20H23NO5/c1-14(22)21(13-15-8-6-5-7-9-15)17-12-19(25-3)18(24-2)10-16(17)11-20(23)26-4/h5-10,12H,11,13H2,1-4H3. The maximum atomic E-state index is 12.3. The average Bonchev–Trinajstić information content (AvgIpc) is 2.66. The van der Waals surface area contributed by atoms with E-state index in [1.165, 1.54) is 28.3 Å². The van der Waals surface area contributed by atoms with Gasteiger partial charge in [0, 0.05) is 13.0 Å². The van der Waals surface area contributed by atoms with Crippen molar-refractivity contribution in [2.75, 3.05) is 26.2 Å². The Bertz CT molecular complexity index is 773. The number of anilines is 1. The monoisotopic (exact) mass is 357 g/mol. The van der Waals surface area contributed by atoms with Gasteiger partial charge in [-0.1, -0.05) is 30.3 Å². The number of rotatable bonds is 7. The third-order valence-electron chi connectivity index (χ3n) is 4.00. The van der Waals surface area contributed by atoms with Crippen molar-refractivity contribution in [3.63, 3.8) is 0 Å². The zero-order valence-electron chi connectivity index (χ0n) is 15.4. The molecule has 0 aliphatic carbocycles. The van der Waals surface area contributed by atoms with Gasteiger partial charge in [-0.2, -0.15) is 0 Å². The molecule has 26 heavy (non-hydrogen) atoms. The molecule has 0 saturated carbocycles. The van der Waals surface area contributed by atoms with Crippen molar-refractivity contribution < 1.29 is 23.8 Å². The highest BCUT2D eigenvalue weighted by Crippen LogP contribution is 2.36. The molecule has 2 rings (SSSR count). The number of carbonyl (C=O) groups excluding carboxylic acids is 2. The number of carbonyl (C=O) groups is 2. The van der Waals surface area contributed by atoms with Gasteiger partial charge in [0.2, 0.25) is 5.91 Å². The smallest absolute Gasteiger partial charge is 0.310 e. The fourth-order valence-corrected chi connectivity index (χ4v) is 2.66. The Labute approximate surface area is 153 Å². The van der Waals surface area contributed by atoms with Gasteiger partial charge in [0.15, 0.2) is 11.5 Å². The van der Waals surface area contributed by atoms with Crippen molar-refractivity contribution in [3.05, 3.63) is 53.6 Å². The van der Waals surface area contributed by atoms with Gasteiger partial charge >= 0.3 is 5.97 Å². The molecule has 0 atom stereocenters. The average molecular weight is 357 g/mol. The van der Waals surface area contributed by atoms with E-state index < -0.39 is 5.97 Å². The van der Waals surface area contributed by atoms with E-state index in [1.54, 1.807) is 17.0 Å². The summed E-state index contributed by atoms with van der Waals surface area (Å²) in [4.78, 5) is 25.8. The van der Waals surface area contributed by atoms with E-state index in [-0.39, 0.29) is 12.3 Å². The van der Waals surface area contributed by atoms with Crippen LogP contribution in [0.2, 0.25) is 0 Å². The fraction of sp³-hybridized carbons (Fsp3) is 0.300. The zero-order chi connectivity index (χ0) is 19.1. The molecule has 0 fully saturated rings. The Balaban J connectivity index is 2.53. The van der Waals surface area contributed by atoms with Crippen LogP contribution in [-0.4, -0.2) is 33.2 Å². The molecule has 0 spiro atoms. The number of hydrogen-bond acceptors (Lipinski definition) is 5. The second-order valence-corrected chi connectivity index (χ2v) is 5.68. The van der Waals surface area contributed by atoms with E-state index in [2.05, 4.69) is 0 Å². The number of nitrogens with zero attached hydrogens (tertiary/aromatic N) is 1. The molecule has 0 radical (unpaired) electrons. The Morgan fingerprint density at radius 2 is 1.58 bits per heavy atom. The van der Waals surface area contributed by atoms with Gasteiger partial charge in [-0.25, -0.2) is 0 Å². The molecule has 0 aliphatic rings. The first-order valence-corrected chi connectivity index (χ1v) is 8.13. The quantitative estimate of drug-likeness (QED) is 0.713. The summed E-state index contributed by atoms with van der Waals surface area (Å²) in [6, 6.07) is 13.0. The minimum Gasteiger partial charge on any atom is -0.493 e. The van der Waals surface area contributed by atoms with Crippen LogP contribution in [0.25, 0.3) is 0 Å². The minimum absolute atomic E-state index is 0.0186. The second kappa shape index (κ2) is 8.89. The first-order valence-electron chi connectivity index (χ1n) is 8.13. The highest BCUT2D eigenvalue weighted by Gasteiger charge is 2.21. The summed E-state index contributed by atoms with van der Waals surface area (Å²) in [5, 5.41) is 0. The Hall–Kier alpha value is -3.02. The molecular formula is C20H23NO5. The lowest BCUT2D eigenvalue weighted by Crippen LogP contribution is -2.29. The van der Waals surface area contributed by atoms with Gasteiger partial charge in [-0.05, 0) is 17.2 Å². The van der Waals surface area contributed by atoms with Crippen LogP contribution in [0.5, 0.6) is 11.5 Å². The molecule has 0 aromatic heterocycles. The molecule has 1 amide bonds. The number of benzene rings is 2. The van der Waals surface area contributed by atoms with E-state index >= 15 is 0 Å². The summed E-state index contributed by atoms with van der Waals surface area (Å²) < 4.78 is 15.5. The zero-order valence-corrected chi connectivity index (χ0v) is 15.4. The summed E-state index contributed by atoms with van der Waals surface area (Å²) in [5.41, 5.74) is 2.19. The van der Waals surface area contributed by atoms with Crippen LogP contribution in [-0.2, 0) is 27.3 Å². The first kappa shape index (κ1) is 19.3. The van der Waals surface area contributed by atoms with Crippen molar-refractivity contribution in [2.24, 2.45) is 0 Å². The lowest BCUT2D eigenvalue weighted by atomic mass is 10.1. The van der Waals surface area contributed by atoms with Crippen molar-refractivity contribution in [1.82, 2.24) is 0 Å². The third-order valence-corrected chi connectivity index (χ3v) is 4.00. The van der Waals surface area contributed by atoms with Crippen molar-refractivity contribution >= 4 is 17.6 Å². The summed E-state index contributed by atoms with van der Waals surface area (Å²) in [5.74, 6) is 0.419. The normalized spacial score (nSPS) is 10.2. The Kier molecular flexibility index (Phi) is 6.60. The number of esters is 1. The SMILES string of the molecule is COC(=O)Cc1cc(OC)c(OC)cc1N(Cc1ccccc1)C(C)=O. The van der Waals surface area contributed by atoms with Crippen molar-refractivity contribution in [3.8, 4) is 11.5 Å². The summed E-state index contributed by atoms with van der Waals surface area (Å²) in [6.07, 6.45) is 0.0186. The Morgan fingerprint density at radius 1 is 0.962 bits per heavy atom. The van der Waals surface area contributed by atoms with Gasteiger partial charge in [0.05, 0.1) is 40.0 Å². The molecular weight excluding hydrogens is 334 g/mol. The van der Waals surface area contributed by atoms with Crippen LogP contribution in [0.4, 0.5) is 5.69 Å². The maximum Gasteiger partial charge on any atom is 0.310 e. The number of hydrogen-bond donors (Lipinski definition) is 0. The topological polar surface area (TPSA) is 65.1 Å². The van der Waals surface area contributed by atoms with E-state index in [0.717, 1.165) is 5.56 Å². The van der Waals surface area contributed by atoms with Gasteiger partial charge in [-0.15, -0.1) is 0 Å². The molecule has 0 N–H and O–H groups in total. The maximum absolute atomic E-state index is 12.3. The minimum atomic E-state index is -0.401. The summed E-state index contributed by atoms with van der Waals surface area (Å²) >= 11 is 0. The summed E-state index contributed by atoms with van der Waals surface area (Å²) in [7, 11) is 4.37. The molecule has 2 aromatic rings. The molecule has 0 aliphatic heterocycles. The predicted octanol–water partition coefficient (Wildman–Crippen LogP) is 2.97. The van der Waals surface area contributed by atoms with Gasteiger partial charge in [-0.3, -0.25) is 9.59 Å². The van der Waals surface area contributed by atoms with Crippen LogP contribution in [0.1, 0.15) is 18.1 Å². The second-order valence-electron chi connectivity index (χ2n) is 5.68. The summed E-state index contributed by atoms with van der Waals surface area (Å²) in [6.45, 7) is 1.86. The fourth-order valence-electron chi connectivity index (χ4n) is 2.66. The number of amides is 1. The third kappa shape index (κ3) is 4.53. The van der Waals surface area contributed by atoms with Crippen LogP contribution < -0.4 is 14.4 Å². The van der Waals surface area contributed by atoms with Gasteiger partial charge in [0.1, 0.15) is 0 Å². The molecule has 138 valence electrons. The lowest BCUT2D eigenvalue weighted by Gasteiger charge is -2.25. The highest BCUT2D eigenvalue weighted by atomic mass is 16.5. The highest BCUT2D eigenvalue weighted by molar-refractivity contribution is 5.93. The first-order chi connectivity index (χ1) is 12.5. The van der Waals surface area contributed by atoms with Crippen molar-refractivity contribution in [2.45, 2.75) is 19.9 Å². The van der Waals surface area contributed by atoms with E-state index in [9.17, 15) is 9.59 Å². The molecule has 0 heterocycles. The van der Waals surface area contributed by atoms with Crippen molar-refractivity contribution in [1.29, 1.82) is 0 Å². The number of ether oxygens (including phenoxy) is 3. The predicted molar refractivity (Wildman–Crippen MR) is 98.6 cm³/mol. The van der Waals surface area contributed by atoms with Crippen LogP contribution in [0, 0.1) is 0 Å². The largest absolute Gasteiger partial charge is 0.493 e. The number of methoxy groups -OCH3 is 3. The van der Waals surface area contributed by atoms with Crippen LogP contribution in [0.3, 0.4) is 0 Å². The Morgan fingerprint density at radius 3 is 2.12 bits per heavy atom. The van der Waals surface area contributed by atoms with Gasteiger partial charge < -0.3 is 19.1 Å². The van der Waals surface area contributed by atoms with E-state index in [1.807, 2.05) is 30.3 Å². The molecule has 2 aromatic carbocycles. The molecule has 0 bridgehead atoms. The van der Waals surface area contributed by atoms with E-state index in [0.29, 0.717) is 29.3 Å². The van der Waals surface area contributed by atoms with Crippen LogP contribution in [0.15, 0.2) is 42.5 Å². The van der Waals surface area contributed by atoms with Crippen LogP contribution >= 0.6 is 0 Å². The van der Waals surface area contributed by atoms with Gasteiger partial charge in [0.25, 0.3) is 0 Å². The molecule has 6 nitrogen and oxygen atoms in total. The molecule has 0 unspecified atom stereocenters. The lowest BCUT2D eigenvalue weighted by molar-refractivity contribution is -0.139. The molecule has 6 heteroatoms. The van der Waals surface area contributed by atoms with E-state index in [4.69, 9.17) is 14.2 Å². The molecule has 0 saturated heterocycles.